The van der Waals surface area contributed by atoms with Crippen molar-refractivity contribution in [3.63, 3.8) is 0 Å². The zero-order chi connectivity index (χ0) is 12.7. The maximum Gasteiger partial charge on any atom is 0.330 e. The third kappa shape index (κ3) is 5.17. The molecule has 0 aliphatic heterocycles. The molecule has 0 fully saturated rings. The van der Waals surface area contributed by atoms with E-state index in [1.54, 1.807) is 31.2 Å². The fraction of sp³-hybridized carbons (Fsp3) is 0.167. The Kier molecular flexibility index (Phi) is 5.23. The summed E-state index contributed by atoms with van der Waals surface area (Å²) < 4.78 is 4.64. The number of benzene rings is 1. The van der Waals surface area contributed by atoms with E-state index in [4.69, 9.17) is 11.6 Å². The Bertz CT molecular complexity index is 426. The first-order valence-electron chi connectivity index (χ1n) is 5.03. The molecule has 0 saturated carbocycles. The largest absolute Gasteiger partial charge is 0.463 e. The van der Waals surface area contributed by atoms with Crippen LogP contribution in [0.5, 0.6) is 0 Å². The van der Waals surface area contributed by atoms with E-state index < -0.39 is 11.9 Å². The highest BCUT2D eigenvalue weighted by Crippen LogP contribution is 2.13. The van der Waals surface area contributed by atoms with E-state index >= 15 is 0 Å². The molecule has 4 nitrogen and oxygen atoms in total. The molecule has 0 aliphatic rings. The van der Waals surface area contributed by atoms with E-state index in [1.807, 2.05) is 0 Å². The van der Waals surface area contributed by atoms with Gasteiger partial charge in [0.25, 0.3) is 0 Å². The Labute approximate surface area is 104 Å². The van der Waals surface area contributed by atoms with Crippen molar-refractivity contribution < 1.29 is 14.3 Å². The van der Waals surface area contributed by atoms with Gasteiger partial charge in [-0.3, -0.25) is 4.79 Å². The number of ether oxygens (including phenoxy) is 1. The van der Waals surface area contributed by atoms with Gasteiger partial charge in [0.05, 0.1) is 6.61 Å². The minimum absolute atomic E-state index is 0.280. The van der Waals surface area contributed by atoms with Gasteiger partial charge < -0.3 is 10.1 Å². The van der Waals surface area contributed by atoms with Gasteiger partial charge in [-0.1, -0.05) is 11.6 Å². The summed E-state index contributed by atoms with van der Waals surface area (Å²) >= 11 is 5.70. The predicted octanol–water partition coefficient (Wildman–Crippen LogP) is 2.40. The highest BCUT2D eigenvalue weighted by molar-refractivity contribution is 6.30. The first-order chi connectivity index (χ1) is 8.11. The number of carbonyl (C=O) groups excluding carboxylic acids is 2. The number of hydrogen-bond donors (Lipinski definition) is 1. The number of carbonyl (C=O) groups is 2. The average Bonchev–Trinajstić information content (AvgIpc) is 2.30. The molecule has 1 rings (SSSR count). The molecule has 0 radical (unpaired) electrons. The lowest BCUT2D eigenvalue weighted by Crippen LogP contribution is -2.09. The van der Waals surface area contributed by atoms with Crippen molar-refractivity contribution in [2.75, 3.05) is 11.9 Å². The SMILES string of the molecule is CCOC(=O)/C=C/C(=O)Nc1ccc(Cl)cc1. The topological polar surface area (TPSA) is 55.4 Å². The molecule has 1 amide bonds. The average molecular weight is 254 g/mol. The molecule has 0 spiro atoms. The second kappa shape index (κ2) is 6.70. The van der Waals surface area contributed by atoms with Gasteiger partial charge in [-0.05, 0) is 31.2 Å². The van der Waals surface area contributed by atoms with E-state index in [0.717, 1.165) is 12.2 Å². The molecule has 0 aromatic heterocycles. The van der Waals surface area contributed by atoms with Crippen LogP contribution >= 0.6 is 11.6 Å². The van der Waals surface area contributed by atoms with Crippen LogP contribution in [0.4, 0.5) is 5.69 Å². The van der Waals surface area contributed by atoms with Crippen LogP contribution in [0.2, 0.25) is 5.02 Å². The maximum atomic E-state index is 11.4. The van der Waals surface area contributed by atoms with Gasteiger partial charge in [0.1, 0.15) is 0 Å². The molecule has 1 aromatic carbocycles. The second-order valence-corrected chi connectivity index (χ2v) is 3.52. The molecular weight excluding hydrogens is 242 g/mol. The minimum Gasteiger partial charge on any atom is -0.463 e. The summed E-state index contributed by atoms with van der Waals surface area (Å²) in [6.07, 6.45) is 2.20. The molecule has 5 heteroatoms. The van der Waals surface area contributed by atoms with E-state index in [-0.39, 0.29) is 6.61 Å². The van der Waals surface area contributed by atoms with Crippen LogP contribution in [0, 0.1) is 0 Å². The third-order valence-electron chi connectivity index (χ3n) is 1.77. The van der Waals surface area contributed by atoms with Crippen LogP contribution in [0.25, 0.3) is 0 Å². The number of amides is 1. The fourth-order valence-electron chi connectivity index (χ4n) is 1.05. The molecule has 0 bridgehead atoms. The lowest BCUT2D eigenvalue weighted by atomic mass is 10.3. The monoisotopic (exact) mass is 253 g/mol. The Morgan fingerprint density at radius 1 is 1.29 bits per heavy atom. The Balaban J connectivity index is 2.49. The van der Waals surface area contributed by atoms with Crippen LogP contribution in [-0.4, -0.2) is 18.5 Å². The van der Waals surface area contributed by atoms with Gasteiger partial charge in [-0.25, -0.2) is 4.79 Å². The molecular formula is C12H12ClNO3. The third-order valence-corrected chi connectivity index (χ3v) is 2.02. The van der Waals surface area contributed by atoms with Crippen molar-refractivity contribution in [3.8, 4) is 0 Å². The van der Waals surface area contributed by atoms with Crippen molar-refractivity contribution in [1.29, 1.82) is 0 Å². The zero-order valence-electron chi connectivity index (χ0n) is 9.27. The summed E-state index contributed by atoms with van der Waals surface area (Å²) in [7, 11) is 0. The number of nitrogens with one attached hydrogen (secondary N) is 1. The highest BCUT2D eigenvalue weighted by atomic mass is 35.5. The van der Waals surface area contributed by atoms with Gasteiger partial charge in [0, 0.05) is 22.9 Å². The molecule has 1 aromatic rings. The van der Waals surface area contributed by atoms with Crippen LogP contribution in [-0.2, 0) is 14.3 Å². The van der Waals surface area contributed by atoms with Gasteiger partial charge in [-0.15, -0.1) is 0 Å². The van der Waals surface area contributed by atoms with Crippen molar-refractivity contribution >= 4 is 29.2 Å². The number of halogens is 1. The summed E-state index contributed by atoms with van der Waals surface area (Å²) in [5.74, 6) is -0.945. The van der Waals surface area contributed by atoms with E-state index in [0.29, 0.717) is 10.7 Å². The number of rotatable bonds is 4. The maximum absolute atomic E-state index is 11.4. The first-order valence-corrected chi connectivity index (χ1v) is 5.41. The summed E-state index contributed by atoms with van der Waals surface area (Å²) in [5, 5.41) is 3.16. The van der Waals surface area contributed by atoms with Gasteiger partial charge >= 0.3 is 5.97 Å². The van der Waals surface area contributed by atoms with Gasteiger partial charge in [0.15, 0.2) is 0 Å². The molecule has 17 heavy (non-hydrogen) atoms. The van der Waals surface area contributed by atoms with Crippen LogP contribution in [0.1, 0.15) is 6.92 Å². The first kappa shape index (κ1) is 13.3. The number of hydrogen-bond acceptors (Lipinski definition) is 3. The quantitative estimate of drug-likeness (QED) is 0.662. The summed E-state index contributed by atoms with van der Waals surface area (Å²) in [6.45, 7) is 1.97. The standard InChI is InChI=1S/C12H12ClNO3/c1-2-17-12(16)8-7-11(15)14-10-5-3-9(13)4-6-10/h3-8H,2H2,1H3,(H,14,15)/b8-7+. The fourth-order valence-corrected chi connectivity index (χ4v) is 1.18. The molecule has 90 valence electrons. The summed E-state index contributed by atoms with van der Waals surface area (Å²) in [6, 6.07) is 6.65. The lowest BCUT2D eigenvalue weighted by molar-refractivity contribution is -0.137. The van der Waals surface area contributed by atoms with Crippen LogP contribution < -0.4 is 5.32 Å². The zero-order valence-corrected chi connectivity index (χ0v) is 10.0. The van der Waals surface area contributed by atoms with Crippen LogP contribution in [0.15, 0.2) is 36.4 Å². The van der Waals surface area contributed by atoms with Crippen molar-refractivity contribution in [1.82, 2.24) is 0 Å². The second-order valence-electron chi connectivity index (χ2n) is 3.08. The summed E-state index contributed by atoms with van der Waals surface area (Å²) in [5.41, 5.74) is 0.605. The molecule has 0 aliphatic carbocycles. The van der Waals surface area contributed by atoms with Gasteiger partial charge in [0.2, 0.25) is 5.91 Å². The highest BCUT2D eigenvalue weighted by Gasteiger charge is 1.99. The Morgan fingerprint density at radius 2 is 1.94 bits per heavy atom. The molecule has 1 N–H and O–H groups in total. The molecule has 0 heterocycles. The van der Waals surface area contributed by atoms with E-state index in [2.05, 4.69) is 10.1 Å². The van der Waals surface area contributed by atoms with Crippen molar-refractivity contribution in [3.05, 3.63) is 41.4 Å². The number of anilines is 1. The minimum atomic E-state index is -0.543. The Hall–Kier alpha value is -1.81. The van der Waals surface area contributed by atoms with Crippen molar-refractivity contribution in [2.45, 2.75) is 6.92 Å². The molecule has 0 unspecified atom stereocenters. The lowest BCUT2D eigenvalue weighted by Gasteiger charge is -2.01. The summed E-state index contributed by atoms with van der Waals surface area (Å²) in [4.78, 5) is 22.3. The Morgan fingerprint density at radius 3 is 2.53 bits per heavy atom. The number of esters is 1. The van der Waals surface area contributed by atoms with Crippen LogP contribution in [0.3, 0.4) is 0 Å². The molecule has 0 atom stereocenters. The van der Waals surface area contributed by atoms with Gasteiger partial charge in [-0.2, -0.15) is 0 Å². The van der Waals surface area contributed by atoms with Crippen molar-refractivity contribution in [2.24, 2.45) is 0 Å². The van der Waals surface area contributed by atoms with E-state index in [1.165, 1.54) is 0 Å². The normalized spacial score (nSPS) is 10.2. The smallest absolute Gasteiger partial charge is 0.330 e. The predicted molar refractivity (Wildman–Crippen MR) is 65.9 cm³/mol. The molecule has 0 saturated heterocycles. The van der Waals surface area contributed by atoms with E-state index in [9.17, 15) is 9.59 Å².